The standard InChI is InChI=1S/C18H16ClN3O2S2/c1-12(23)20-10-14-6-7-16(26-14)17(24)21-18-22(8-9-25-18)11-13-4-2-3-5-15(13)19/h2-9H,10-11H2,1H3,(H,20,23). The second-order valence-electron chi connectivity index (χ2n) is 5.50. The van der Waals surface area contributed by atoms with Crippen molar-refractivity contribution in [3.8, 4) is 0 Å². The van der Waals surface area contributed by atoms with Crippen LogP contribution in [0.1, 0.15) is 27.0 Å². The topological polar surface area (TPSA) is 63.5 Å². The van der Waals surface area contributed by atoms with Crippen LogP contribution >= 0.6 is 34.3 Å². The Balaban J connectivity index is 1.78. The maximum absolute atomic E-state index is 12.5. The molecule has 0 unspecified atom stereocenters. The molecule has 1 N–H and O–H groups in total. The highest BCUT2D eigenvalue weighted by Gasteiger charge is 2.10. The lowest BCUT2D eigenvalue weighted by Crippen LogP contribution is -2.18. The number of aromatic nitrogens is 1. The Morgan fingerprint density at radius 2 is 2.04 bits per heavy atom. The number of benzene rings is 1. The Morgan fingerprint density at radius 1 is 1.23 bits per heavy atom. The number of rotatable bonds is 5. The van der Waals surface area contributed by atoms with Crippen molar-refractivity contribution in [3.05, 3.63) is 73.1 Å². The van der Waals surface area contributed by atoms with E-state index in [0.717, 1.165) is 10.4 Å². The minimum atomic E-state index is -0.292. The zero-order chi connectivity index (χ0) is 18.5. The van der Waals surface area contributed by atoms with Gasteiger partial charge in [-0.3, -0.25) is 9.59 Å². The van der Waals surface area contributed by atoms with Crippen molar-refractivity contribution in [1.82, 2.24) is 9.88 Å². The molecule has 1 aromatic carbocycles. The van der Waals surface area contributed by atoms with E-state index in [4.69, 9.17) is 11.6 Å². The zero-order valence-electron chi connectivity index (χ0n) is 13.9. The maximum atomic E-state index is 12.5. The fourth-order valence-corrected chi connectivity index (χ4v) is 4.01. The molecule has 0 atom stereocenters. The third-order valence-corrected chi connectivity index (χ3v) is 5.78. The summed E-state index contributed by atoms with van der Waals surface area (Å²) in [6.07, 6.45) is 1.89. The molecule has 0 aliphatic carbocycles. The molecule has 8 heteroatoms. The molecular formula is C18H16ClN3O2S2. The molecule has 2 amide bonds. The maximum Gasteiger partial charge on any atom is 0.289 e. The number of amides is 2. The van der Waals surface area contributed by atoms with Crippen LogP contribution < -0.4 is 10.1 Å². The van der Waals surface area contributed by atoms with Gasteiger partial charge in [0.25, 0.3) is 5.91 Å². The average Bonchev–Trinajstić information content (AvgIpc) is 3.25. The van der Waals surface area contributed by atoms with E-state index in [9.17, 15) is 9.59 Å². The van der Waals surface area contributed by atoms with Gasteiger partial charge in [-0.1, -0.05) is 29.8 Å². The summed E-state index contributed by atoms with van der Waals surface area (Å²) >= 11 is 8.95. The molecule has 0 spiro atoms. The molecule has 0 fully saturated rings. The summed E-state index contributed by atoms with van der Waals surface area (Å²) in [5.74, 6) is -0.394. The van der Waals surface area contributed by atoms with Gasteiger partial charge in [0, 0.05) is 28.4 Å². The fraction of sp³-hybridized carbons (Fsp3) is 0.167. The minimum Gasteiger partial charge on any atom is -0.351 e. The Hall–Kier alpha value is -2.22. The predicted molar refractivity (Wildman–Crippen MR) is 105 cm³/mol. The number of thiophene rings is 1. The third kappa shape index (κ3) is 4.69. The van der Waals surface area contributed by atoms with E-state index < -0.39 is 0 Å². The monoisotopic (exact) mass is 405 g/mol. The van der Waals surface area contributed by atoms with Crippen molar-refractivity contribution in [2.24, 2.45) is 4.99 Å². The molecule has 0 aliphatic rings. The van der Waals surface area contributed by atoms with Gasteiger partial charge in [0.2, 0.25) is 5.91 Å². The first-order valence-electron chi connectivity index (χ1n) is 7.82. The van der Waals surface area contributed by atoms with Crippen LogP contribution in [-0.2, 0) is 17.9 Å². The van der Waals surface area contributed by atoms with E-state index in [2.05, 4.69) is 10.3 Å². The Kier molecular flexibility index (Phi) is 6.03. The number of hydrogen-bond acceptors (Lipinski definition) is 4. The lowest BCUT2D eigenvalue weighted by molar-refractivity contribution is -0.119. The first-order chi connectivity index (χ1) is 12.5. The molecule has 0 bridgehead atoms. The summed E-state index contributed by atoms with van der Waals surface area (Å²) in [5, 5.41) is 5.29. The van der Waals surface area contributed by atoms with Gasteiger partial charge in [0.15, 0.2) is 4.80 Å². The van der Waals surface area contributed by atoms with Gasteiger partial charge in [0.05, 0.1) is 18.0 Å². The summed E-state index contributed by atoms with van der Waals surface area (Å²) in [5.41, 5.74) is 0.968. The number of nitrogens with zero attached hydrogens (tertiary/aromatic N) is 2. The SMILES string of the molecule is CC(=O)NCc1ccc(C(=O)N=c2sccn2Cc2ccccc2Cl)s1. The highest BCUT2D eigenvalue weighted by atomic mass is 35.5. The van der Waals surface area contributed by atoms with Crippen LogP contribution in [0.15, 0.2) is 53.0 Å². The fourth-order valence-electron chi connectivity index (χ4n) is 2.26. The van der Waals surface area contributed by atoms with Crippen molar-refractivity contribution in [2.75, 3.05) is 0 Å². The normalized spacial score (nSPS) is 11.5. The van der Waals surface area contributed by atoms with E-state index in [1.165, 1.54) is 29.6 Å². The van der Waals surface area contributed by atoms with Crippen molar-refractivity contribution in [1.29, 1.82) is 0 Å². The number of nitrogens with one attached hydrogen (secondary N) is 1. The second kappa shape index (κ2) is 8.44. The quantitative estimate of drug-likeness (QED) is 0.703. The lowest BCUT2D eigenvalue weighted by atomic mass is 10.2. The number of carbonyl (C=O) groups excluding carboxylic acids is 2. The largest absolute Gasteiger partial charge is 0.351 e. The summed E-state index contributed by atoms with van der Waals surface area (Å²) in [6, 6.07) is 11.2. The molecule has 26 heavy (non-hydrogen) atoms. The van der Waals surface area contributed by atoms with Crippen molar-refractivity contribution < 1.29 is 9.59 Å². The first-order valence-corrected chi connectivity index (χ1v) is 9.90. The van der Waals surface area contributed by atoms with Gasteiger partial charge in [0.1, 0.15) is 0 Å². The van der Waals surface area contributed by atoms with E-state index in [0.29, 0.717) is 27.8 Å². The van der Waals surface area contributed by atoms with Crippen LogP contribution in [0.25, 0.3) is 0 Å². The molecular weight excluding hydrogens is 390 g/mol. The Bertz CT molecular complexity index is 1000. The summed E-state index contributed by atoms with van der Waals surface area (Å²) in [7, 11) is 0. The molecule has 0 saturated heterocycles. The molecule has 0 saturated carbocycles. The second-order valence-corrected chi connectivity index (χ2v) is 7.95. The third-order valence-electron chi connectivity index (χ3n) is 3.54. The van der Waals surface area contributed by atoms with Gasteiger partial charge >= 0.3 is 0 Å². The summed E-state index contributed by atoms with van der Waals surface area (Å²) in [6.45, 7) is 2.43. The van der Waals surface area contributed by atoms with Gasteiger partial charge in [-0.15, -0.1) is 22.7 Å². The van der Waals surface area contributed by atoms with E-state index in [1.54, 1.807) is 6.07 Å². The molecule has 0 aliphatic heterocycles. The lowest BCUT2D eigenvalue weighted by Gasteiger charge is -2.05. The predicted octanol–water partition coefficient (Wildman–Crippen LogP) is 3.69. The molecule has 2 heterocycles. The average molecular weight is 406 g/mol. The van der Waals surface area contributed by atoms with E-state index in [-0.39, 0.29) is 11.8 Å². The van der Waals surface area contributed by atoms with E-state index >= 15 is 0 Å². The van der Waals surface area contributed by atoms with Gasteiger partial charge < -0.3 is 9.88 Å². The van der Waals surface area contributed by atoms with Crippen LogP contribution in [0.4, 0.5) is 0 Å². The van der Waals surface area contributed by atoms with Crippen LogP contribution in [0, 0.1) is 0 Å². The van der Waals surface area contributed by atoms with Crippen molar-refractivity contribution in [2.45, 2.75) is 20.0 Å². The van der Waals surface area contributed by atoms with Gasteiger partial charge in [-0.05, 0) is 23.8 Å². The zero-order valence-corrected chi connectivity index (χ0v) is 16.3. The van der Waals surface area contributed by atoms with Crippen LogP contribution in [-0.4, -0.2) is 16.4 Å². The van der Waals surface area contributed by atoms with Crippen LogP contribution in [0.2, 0.25) is 5.02 Å². The molecule has 3 aromatic rings. The smallest absolute Gasteiger partial charge is 0.289 e. The van der Waals surface area contributed by atoms with Gasteiger partial charge in [-0.2, -0.15) is 4.99 Å². The molecule has 0 radical (unpaired) electrons. The van der Waals surface area contributed by atoms with Gasteiger partial charge in [-0.25, -0.2) is 0 Å². The minimum absolute atomic E-state index is 0.102. The number of carbonyl (C=O) groups is 2. The summed E-state index contributed by atoms with van der Waals surface area (Å²) in [4.78, 5) is 29.8. The van der Waals surface area contributed by atoms with Crippen molar-refractivity contribution in [3.63, 3.8) is 0 Å². The molecule has 5 nitrogen and oxygen atoms in total. The molecule has 2 aromatic heterocycles. The van der Waals surface area contributed by atoms with E-state index in [1.807, 2.05) is 46.5 Å². The van der Waals surface area contributed by atoms with Crippen LogP contribution in [0.3, 0.4) is 0 Å². The Morgan fingerprint density at radius 3 is 2.81 bits per heavy atom. The highest BCUT2D eigenvalue weighted by Crippen LogP contribution is 2.18. The van der Waals surface area contributed by atoms with Crippen LogP contribution in [0.5, 0.6) is 0 Å². The highest BCUT2D eigenvalue weighted by molar-refractivity contribution is 7.14. The number of hydrogen-bond donors (Lipinski definition) is 1. The molecule has 3 rings (SSSR count). The molecule has 134 valence electrons. The number of thiazole rings is 1. The van der Waals surface area contributed by atoms with Crippen molar-refractivity contribution >= 4 is 46.1 Å². The Labute approximate surface area is 163 Å². The number of halogens is 1. The summed E-state index contributed by atoms with van der Waals surface area (Å²) < 4.78 is 1.90. The first kappa shape index (κ1) is 18.6.